The van der Waals surface area contributed by atoms with Crippen molar-refractivity contribution >= 4 is 29.1 Å². The molecule has 1 aromatic rings. The van der Waals surface area contributed by atoms with Crippen molar-refractivity contribution in [3.05, 3.63) is 17.2 Å². The van der Waals surface area contributed by atoms with Crippen LogP contribution in [-0.4, -0.2) is 43.5 Å². The second-order valence-electron chi connectivity index (χ2n) is 5.11. The Labute approximate surface area is 134 Å². The molecule has 0 atom stereocenters. The van der Waals surface area contributed by atoms with Crippen LogP contribution in [0.4, 0.5) is 5.69 Å². The van der Waals surface area contributed by atoms with E-state index in [9.17, 15) is 9.59 Å². The molecular weight excluding hydrogens is 308 g/mol. The van der Waals surface area contributed by atoms with E-state index in [2.05, 4.69) is 5.32 Å². The van der Waals surface area contributed by atoms with E-state index in [1.165, 1.54) is 21.1 Å². The van der Waals surface area contributed by atoms with Crippen molar-refractivity contribution in [1.82, 2.24) is 4.90 Å². The normalized spacial score (nSPS) is 13.5. The summed E-state index contributed by atoms with van der Waals surface area (Å²) in [6.07, 6.45) is 1.90. The van der Waals surface area contributed by atoms with E-state index in [-0.39, 0.29) is 24.4 Å². The molecule has 1 aliphatic carbocycles. The van der Waals surface area contributed by atoms with Gasteiger partial charge < -0.3 is 19.7 Å². The van der Waals surface area contributed by atoms with Gasteiger partial charge in [0.25, 0.3) is 0 Å². The first-order valence-corrected chi connectivity index (χ1v) is 7.32. The van der Waals surface area contributed by atoms with Crippen LogP contribution >= 0.6 is 11.6 Å². The predicted octanol–water partition coefficient (Wildman–Crippen LogP) is 2.31. The van der Waals surface area contributed by atoms with Crippen LogP contribution in [0.5, 0.6) is 11.5 Å². The van der Waals surface area contributed by atoms with Gasteiger partial charge in [-0.3, -0.25) is 9.59 Å². The maximum atomic E-state index is 12.2. The second kappa shape index (κ2) is 6.87. The first-order chi connectivity index (χ1) is 10.5. The van der Waals surface area contributed by atoms with E-state index < -0.39 is 0 Å². The number of nitrogens with zero attached hydrogens (tertiary/aromatic N) is 1. The van der Waals surface area contributed by atoms with Crippen LogP contribution in [0.1, 0.15) is 19.8 Å². The second-order valence-corrected chi connectivity index (χ2v) is 5.52. The Morgan fingerprint density at radius 2 is 1.91 bits per heavy atom. The summed E-state index contributed by atoms with van der Waals surface area (Å²) in [4.78, 5) is 25.3. The third kappa shape index (κ3) is 3.82. The van der Waals surface area contributed by atoms with Crippen molar-refractivity contribution in [2.45, 2.75) is 25.8 Å². The molecule has 0 unspecified atom stereocenters. The quantitative estimate of drug-likeness (QED) is 0.871. The van der Waals surface area contributed by atoms with Crippen molar-refractivity contribution in [2.24, 2.45) is 0 Å². The molecule has 1 aliphatic rings. The van der Waals surface area contributed by atoms with E-state index in [1.54, 1.807) is 17.0 Å². The maximum Gasteiger partial charge on any atom is 0.244 e. The average Bonchev–Trinajstić information content (AvgIpc) is 3.30. The summed E-state index contributed by atoms with van der Waals surface area (Å²) >= 11 is 6.02. The van der Waals surface area contributed by atoms with Gasteiger partial charge in [-0.2, -0.15) is 0 Å². The monoisotopic (exact) mass is 326 g/mol. The fraction of sp³-hybridized carbons (Fsp3) is 0.467. The van der Waals surface area contributed by atoms with Gasteiger partial charge in [0, 0.05) is 25.1 Å². The van der Waals surface area contributed by atoms with Gasteiger partial charge in [0.2, 0.25) is 11.8 Å². The SMILES string of the molecule is COc1cc(NC(=O)CN(C(C)=O)C2CC2)c(OC)cc1Cl. The molecule has 0 spiro atoms. The van der Waals surface area contributed by atoms with Gasteiger partial charge in [-0.25, -0.2) is 0 Å². The Hall–Kier alpha value is -1.95. The number of benzene rings is 1. The van der Waals surface area contributed by atoms with Gasteiger partial charge in [0.1, 0.15) is 18.0 Å². The Balaban J connectivity index is 2.11. The highest BCUT2D eigenvalue weighted by molar-refractivity contribution is 6.32. The lowest BCUT2D eigenvalue weighted by atomic mass is 10.2. The minimum atomic E-state index is -0.287. The fourth-order valence-electron chi connectivity index (χ4n) is 2.19. The predicted molar refractivity (Wildman–Crippen MR) is 83.6 cm³/mol. The standard InChI is InChI=1S/C15H19ClN2O4/c1-9(19)18(10-4-5-10)8-15(20)17-12-7-13(21-2)11(16)6-14(12)22-3/h6-7,10H,4-5,8H2,1-3H3,(H,17,20). The highest BCUT2D eigenvalue weighted by Gasteiger charge is 2.32. The highest BCUT2D eigenvalue weighted by atomic mass is 35.5. The topological polar surface area (TPSA) is 67.9 Å². The highest BCUT2D eigenvalue weighted by Crippen LogP contribution is 2.36. The Kier molecular flexibility index (Phi) is 5.13. The first-order valence-electron chi connectivity index (χ1n) is 6.94. The Morgan fingerprint density at radius 3 is 2.41 bits per heavy atom. The number of ether oxygens (including phenoxy) is 2. The molecule has 22 heavy (non-hydrogen) atoms. The van der Waals surface area contributed by atoms with Gasteiger partial charge in [0.15, 0.2) is 0 Å². The first kappa shape index (κ1) is 16.4. The number of methoxy groups -OCH3 is 2. The smallest absolute Gasteiger partial charge is 0.244 e. The third-order valence-corrected chi connectivity index (χ3v) is 3.75. The van der Waals surface area contributed by atoms with E-state index in [0.717, 1.165) is 12.8 Å². The average molecular weight is 327 g/mol. The molecule has 6 nitrogen and oxygen atoms in total. The van der Waals surface area contributed by atoms with E-state index in [0.29, 0.717) is 22.2 Å². The zero-order valence-corrected chi connectivity index (χ0v) is 13.6. The van der Waals surface area contributed by atoms with Crippen LogP contribution in [0, 0.1) is 0 Å². The molecule has 0 aromatic heterocycles. The van der Waals surface area contributed by atoms with E-state index >= 15 is 0 Å². The van der Waals surface area contributed by atoms with Crippen LogP contribution in [0.25, 0.3) is 0 Å². The van der Waals surface area contributed by atoms with Crippen LogP contribution in [0.15, 0.2) is 12.1 Å². The number of carbonyl (C=O) groups is 2. The van der Waals surface area contributed by atoms with Crippen molar-refractivity contribution < 1.29 is 19.1 Å². The fourth-order valence-corrected chi connectivity index (χ4v) is 2.42. The zero-order chi connectivity index (χ0) is 16.3. The third-order valence-electron chi connectivity index (χ3n) is 3.45. The molecule has 2 rings (SSSR count). The lowest BCUT2D eigenvalue weighted by Crippen LogP contribution is -2.38. The van der Waals surface area contributed by atoms with E-state index in [4.69, 9.17) is 21.1 Å². The van der Waals surface area contributed by atoms with Crippen molar-refractivity contribution in [3.63, 3.8) is 0 Å². The number of nitrogens with one attached hydrogen (secondary N) is 1. The summed E-state index contributed by atoms with van der Waals surface area (Å²) in [7, 11) is 2.98. The summed E-state index contributed by atoms with van der Waals surface area (Å²) < 4.78 is 10.3. The largest absolute Gasteiger partial charge is 0.495 e. The van der Waals surface area contributed by atoms with Crippen molar-refractivity contribution in [2.75, 3.05) is 26.1 Å². The number of halogens is 1. The molecule has 120 valence electrons. The molecule has 0 radical (unpaired) electrons. The molecule has 0 bridgehead atoms. The number of amides is 2. The van der Waals surface area contributed by atoms with Crippen LogP contribution < -0.4 is 14.8 Å². The van der Waals surface area contributed by atoms with Gasteiger partial charge in [0.05, 0.1) is 24.9 Å². The number of rotatable bonds is 6. The van der Waals surface area contributed by atoms with Gasteiger partial charge >= 0.3 is 0 Å². The number of hydrogen-bond acceptors (Lipinski definition) is 4. The molecule has 0 heterocycles. The zero-order valence-electron chi connectivity index (χ0n) is 12.8. The van der Waals surface area contributed by atoms with E-state index in [1.807, 2.05) is 0 Å². The molecule has 0 aliphatic heterocycles. The van der Waals surface area contributed by atoms with Crippen LogP contribution in [0.3, 0.4) is 0 Å². The van der Waals surface area contributed by atoms with Crippen molar-refractivity contribution in [1.29, 1.82) is 0 Å². The Morgan fingerprint density at radius 1 is 1.27 bits per heavy atom. The Bertz CT molecular complexity index is 587. The molecule has 1 aromatic carbocycles. The minimum absolute atomic E-state index is 0.0219. The van der Waals surface area contributed by atoms with Crippen molar-refractivity contribution in [3.8, 4) is 11.5 Å². The van der Waals surface area contributed by atoms with Gasteiger partial charge in [-0.1, -0.05) is 11.6 Å². The number of carbonyl (C=O) groups excluding carboxylic acids is 2. The molecule has 0 saturated heterocycles. The molecule has 1 fully saturated rings. The molecule has 7 heteroatoms. The minimum Gasteiger partial charge on any atom is -0.495 e. The summed E-state index contributed by atoms with van der Waals surface area (Å²) in [6.45, 7) is 1.49. The van der Waals surface area contributed by atoms with Gasteiger partial charge in [-0.05, 0) is 12.8 Å². The van der Waals surface area contributed by atoms with Crippen LogP contribution in [0.2, 0.25) is 5.02 Å². The van der Waals surface area contributed by atoms with Crippen LogP contribution in [-0.2, 0) is 9.59 Å². The summed E-state index contributed by atoms with van der Waals surface area (Å²) in [5, 5.41) is 3.12. The molecule has 2 amide bonds. The lowest BCUT2D eigenvalue weighted by Gasteiger charge is -2.20. The molecule has 1 saturated carbocycles. The summed E-state index contributed by atoms with van der Waals surface area (Å²) in [5.41, 5.74) is 0.452. The maximum absolute atomic E-state index is 12.2. The number of hydrogen-bond donors (Lipinski definition) is 1. The number of anilines is 1. The summed E-state index contributed by atoms with van der Waals surface area (Å²) in [6, 6.07) is 3.35. The molecule has 1 N–H and O–H groups in total. The summed E-state index contributed by atoms with van der Waals surface area (Å²) in [5.74, 6) is 0.478. The van der Waals surface area contributed by atoms with Gasteiger partial charge in [-0.15, -0.1) is 0 Å². The molecular formula is C15H19ClN2O4. The lowest BCUT2D eigenvalue weighted by molar-refractivity contribution is -0.133.